The van der Waals surface area contributed by atoms with E-state index >= 15 is 0 Å². The lowest BCUT2D eigenvalue weighted by Crippen LogP contribution is -2.53. The predicted molar refractivity (Wildman–Crippen MR) is 69.1 cm³/mol. The molecule has 0 saturated carbocycles. The molecule has 1 saturated heterocycles. The van der Waals surface area contributed by atoms with E-state index in [2.05, 4.69) is 11.9 Å². The molecular weight excluding hydrogens is 248 g/mol. The third-order valence-corrected chi connectivity index (χ3v) is 3.14. The predicted octanol–water partition coefficient (Wildman–Crippen LogP) is -0.0832. The summed E-state index contributed by atoms with van der Waals surface area (Å²) in [5, 5.41) is 2.56. The van der Waals surface area contributed by atoms with Crippen LogP contribution in [-0.2, 0) is 19.1 Å². The van der Waals surface area contributed by atoms with Crippen LogP contribution in [0.2, 0.25) is 0 Å². The maximum atomic E-state index is 12.2. The molecule has 1 fully saturated rings. The first-order valence-corrected chi connectivity index (χ1v) is 6.23. The highest BCUT2D eigenvalue weighted by atomic mass is 16.5. The average molecular weight is 268 g/mol. The van der Waals surface area contributed by atoms with Crippen LogP contribution in [0.4, 0.5) is 0 Å². The van der Waals surface area contributed by atoms with Gasteiger partial charge in [0.05, 0.1) is 12.6 Å². The van der Waals surface area contributed by atoms with E-state index in [-0.39, 0.29) is 24.5 Å². The summed E-state index contributed by atoms with van der Waals surface area (Å²) in [5.41, 5.74) is 4.18. The monoisotopic (exact) mass is 268 g/mol. The van der Waals surface area contributed by atoms with Gasteiger partial charge >= 0.3 is 5.97 Å². The van der Waals surface area contributed by atoms with Crippen molar-refractivity contribution < 1.29 is 19.1 Å². The number of nitrogens with two attached hydrogens (primary N) is 1. The standard InChI is InChI=1S/C13H20N2O4/c1-5-19-11(17)8(4)6-13(14)10(16)9(7(2)3)15-12(13)18/h7,9H,4-6,14H2,1-3H3,(H,15,18)/t9-,13+/m1/s1. The van der Waals surface area contributed by atoms with Crippen molar-refractivity contribution >= 4 is 17.7 Å². The molecule has 0 aromatic rings. The van der Waals surface area contributed by atoms with Gasteiger partial charge < -0.3 is 15.8 Å². The van der Waals surface area contributed by atoms with Crippen LogP contribution >= 0.6 is 0 Å². The minimum Gasteiger partial charge on any atom is -0.463 e. The first-order chi connectivity index (χ1) is 8.74. The number of amides is 1. The smallest absolute Gasteiger partial charge is 0.333 e. The van der Waals surface area contributed by atoms with Gasteiger partial charge in [-0.25, -0.2) is 4.79 Å². The second-order valence-corrected chi connectivity index (χ2v) is 5.03. The molecule has 0 aromatic carbocycles. The zero-order valence-electron chi connectivity index (χ0n) is 11.5. The lowest BCUT2D eigenvalue weighted by molar-refractivity contribution is -0.138. The summed E-state index contributed by atoms with van der Waals surface area (Å²) in [5.74, 6) is -1.67. The molecule has 1 amide bonds. The molecule has 0 bridgehead atoms. The average Bonchev–Trinajstić information content (AvgIpc) is 2.54. The number of carbonyl (C=O) groups excluding carboxylic acids is 3. The first-order valence-electron chi connectivity index (χ1n) is 6.23. The Labute approximate surface area is 112 Å². The zero-order chi connectivity index (χ0) is 14.8. The van der Waals surface area contributed by atoms with Gasteiger partial charge in [0.25, 0.3) is 0 Å². The fourth-order valence-electron chi connectivity index (χ4n) is 2.00. The molecule has 6 heteroatoms. The quantitative estimate of drug-likeness (QED) is 0.413. The summed E-state index contributed by atoms with van der Waals surface area (Å²) in [4.78, 5) is 35.6. The third kappa shape index (κ3) is 2.84. The van der Waals surface area contributed by atoms with Crippen LogP contribution < -0.4 is 11.1 Å². The Hall–Kier alpha value is -1.69. The summed E-state index contributed by atoms with van der Waals surface area (Å²) in [6.45, 7) is 9.02. The van der Waals surface area contributed by atoms with Crippen LogP contribution in [-0.4, -0.2) is 35.8 Å². The highest BCUT2D eigenvalue weighted by Crippen LogP contribution is 2.25. The van der Waals surface area contributed by atoms with Crippen molar-refractivity contribution in [2.24, 2.45) is 11.7 Å². The molecule has 0 radical (unpaired) electrons. The van der Waals surface area contributed by atoms with Gasteiger partial charge in [0.15, 0.2) is 11.3 Å². The van der Waals surface area contributed by atoms with Crippen LogP contribution in [0.3, 0.4) is 0 Å². The Bertz CT molecular complexity index is 430. The molecule has 0 aromatic heterocycles. The molecule has 19 heavy (non-hydrogen) atoms. The van der Waals surface area contributed by atoms with Crippen molar-refractivity contribution in [2.45, 2.75) is 38.8 Å². The number of esters is 1. The van der Waals surface area contributed by atoms with Crippen LogP contribution in [0.1, 0.15) is 27.2 Å². The molecule has 1 aliphatic rings. The van der Waals surface area contributed by atoms with Crippen LogP contribution in [0.25, 0.3) is 0 Å². The van der Waals surface area contributed by atoms with Gasteiger partial charge in [0.2, 0.25) is 5.91 Å². The molecule has 1 heterocycles. The maximum Gasteiger partial charge on any atom is 0.333 e. The van der Waals surface area contributed by atoms with Gasteiger partial charge in [-0.05, 0) is 12.8 Å². The summed E-state index contributed by atoms with van der Waals surface area (Å²) in [6, 6.07) is -0.618. The van der Waals surface area contributed by atoms with Crippen molar-refractivity contribution in [3.8, 4) is 0 Å². The van der Waals surface area contributed by atoms with Gasteiger partial charge in [0.1, 0.15) is 0 Å². The van der Waals surface area contributed by atoms with E-state index in [0.29, 0.717) is 0 Å². The molecule has 0 spiro atoms. The Morgan fingerprint density at radius 1 is 1.53 bits per heavy atom. The number of nitrogens with one attached hydrogen (secondary N) is 1. The first kappa shape index (κ1) is 15.4. The number of hydrogen-bond acceptors (Lipinski definition) is 5. The van der Waals surface area contributed by atoms with E-state index in [1.165, 1.54) is 0 Å². The van der Waals surface area contributed by atoms with E-state index in [4.69, 9.17) is 10.5 Å². The van der Waals surface area contributed by atoms with E-state index in [0.717, 1.165) is 0 Å². The topological polar surface area (TPSA) is 98.5 Å². The van der Waals surface area contributed by atoms with Crippen LogP contribution in [0.5, 0.6) is 0 Å². The summed E-state index contributed by atoms with van der Waals surface area (Å²) in [6.07, 6.45) is -0.223. The molecule has 2 atom stereocenters. The minimum absolute atomic E-state index is 0.0252. The third-order valence-electron chi connectivity index (χ3n) is 3.14. The van der Waals surface area contributed by atoms with Crippen molar-refractivity contribution in [3.05, 3.63) is 12.2 Å². The molecule has 1 rings (SSSR count). The van der Waals surface area contributed by atoms with Gasteiger partial charge in [-0.15, -0.1) is 0 Å². The number of rotatable bonds is 5. The second-order valence-electron chi connectivity index (χ2n) is 5.03. The Morgan fingerprint density at radius 2 is 2.11 bits per heavy atom. The van der Waals surface area contributed by atoms with Crippen molar-refractivity contribution in [1.82, 2.24) is 5.32 Å². The van der Waals surface area contributed by atoms with Gasteiger partial charge in [-0.2, -0.15) is 0 Å². The van der Waals surface area contributed by atoms with Crippen LogP contribution in [0, 0.1) is 5.92 Å². The Balaban J connectivity index is 2.87. The fourth-order valence-corrected chi connectivity index (χ4v) is 2.00. The number of Topliss-reactive ketones (excluding diaryl/α,β-unsaturated/α-hetero) is 1. The zero-order valence-corrected chi connectivity index (χ0v) is 11.5. The van der Waals surface area contributed by atoms with Crippen molar-refractivity contribution in [3.63, 3.8) is 0 Å². The highest BCUT2D eigenvalue weighted by Gasteiger charge is 2.53. The highest BCUT2D eigenvalue weighted by molar-refractivity contribution is 6.19. The molecule has 3 N–H and O–H groups in total. The van der Waals surface area contributed by atoms with Crippen molar-refractivity contribution in [2.75, 3.05) is 6.61 Å². The SMILES string of the molecule is C=C(C[C@@]1(N)C(=O)N[C@H](C(C)C)C1=O)C(=O)OCC. The number of carbonyl (C=O) groups is 3. The molecular formula is C13H20N2O4. The molecule has 0 unspecified atom stereocenters. The number of ether oxygens (including phenoxy) is 1. The Morgan fingerprint density at radius 3 is 2.53 bits per heavy atom. The normalized spacial score (nSPS) is 26.5. The number of hydrogen-bond donors (Lipinski definition) is 2. The summed E-state index contributed by atoms with van der Waals surface area (Å²) in [7, 11) is 0. The fraction of sp³-hybridized carbons (Fsp3) is 0.615. The molecule has 106 valence electrons. The Kier molecular flexibility index (Phi) is 4.47. The lowest BCUT2D eigenvalue weighted by Gasteiger charge is -2.20. The van der Waals surface area contributed by atoms with Gasteiger partial charge in [-0.1, -0.05) is 20.4 Å². The maximum absolute atomic E-state index is 12.2. The van der Waals surface area contributed by atoms with E-state index in [1.54, 1.807) is 6.92 Å². The van der Waals surface area contributed by atoms with E-state index < -0.39 is 29.2 Å². The molecule has 6 nitrogen and oxygen atoms in total. The summed E-state index contributed by atoms with van der Waals surface area (Å²) < 4.78 is 4.77. The molecule has 1 aliphatic heterocycles. The number of ketones is 1. The van der Waals surface area contributed by atoms with E-state index in [9.17, 15) is 14.4 Å². The van der Waals surface area contributed by atoms with Gasteiger partial charge in [0, 0.05) is 12.0 Å². The van der Waals surface area contributed by atoms with Gasteiger partial charge in [-0.3, -0.25) is 9.59 Å². The molecule has 0 aliphatic carbocycles. The largest absolute Gasteiger partial charge is 0.463 e. The summed E-state index contributed by atoms with van der Waals surface area (Å²) >= 11 is 0. The second kappa shape index (κ2) is 5.52. The lowest BCUT2D eigenvalue weighted by atomic mass is 9.85. The van der Waals surface area contributed by atoms with Crippen LogP contribution in [0.15, 0.2) is 12.2 Å². The minimum atomic E-state index is -1.72. The van der Waals surface area contributed by atoms with E-state index in [1.807, 2.05) is 13.8 Å². The van der Waals surface area contributed by atoms with Crippen molar-refractivity contribution in [1.29, 1.82) is 0 Å².